The predicted octanol–water partition coefficient (Wildman–Crippen LogP) is 0.0444. The Morgan fingerprint density at radius 2 is 2.25 bits per heavy atom. The molecule has 0 aliphatic carbocycles. The quantitative estimate of drug-likeness (QED) is 0.580. The molecule has 0 fully saturated rings. The summed E-state index contributed by atoms with van der Waals surface area (Å²) in [5.41, 5.74) is 12.5. The summed E-state index contributed by atoms with van der Waals surface area (Å²) in [7, 11) is 0. The fraction of sp³-hybridized carbons (Fsp3) is 0.375. The molecule has 5 N–H and O–H groups in total. The van der Waals surface area contributed by atoms with E-state index >= 15 is 0 Å². The van der Waals surface area contributed by atoms with Crippen LogP contribution >= 0.6 is 0 Å². The van der Waals surface area contributed by atoms with E-state index in [9.17, 15) is 5.11 Å². The summed E-state index contributed by atoms with van der Waals surface area (Å²) in [6.45, 7) is 1.63. The van der Waals surface area contributed by atoms with Gasteiger partial charge in [-0.05, 0) is 18.6 Å². The number of anilines is 1. The standard InChI is InChI=1S/C8H13N3O/c1-5(12)8(10)6-2-3-11-4-7(6)9/h2-5,8,12H,9-10H2,1H3/t5-,8+/m0/s1. The van der Waals surface area contributed by atoms with Crippen molar-refractivity contribution in [3.63, 3.8) is 0 Å². The molecule has 0 spiro atoms. The van der Waals surface area contributed by atoms with Gasteiger partial charge >= 0.3 is 0 Å². The van der Waals surface area contributed by atoms with Gasteiger partial charge in [-0.2, -0.15) is 0 Å². The summed E-state index contributed by atoms with van der Waals surface area (Å²) in [4.78, 5) is 3.82. The van der Waals surface area contributed by atoms with Crippen LogP contribution < -0.4 is 11.5 Å². The fourth-order valence-corrected chi connectivity index (χ4v) is 0.981. The first-order valence-electron chi connectivity index (χ1n) is 3.76. The second-order valence-corrected chi connectivity index (χ2v) is 2.77. The molecule has 12 heavy (non-hydrogen) atoms. The zero-order valence-corrected chi connectivity index (χ0v) is 6.94. The van der Waals surface area contributed by atoms with Crippen LogP contribution in [0, 0.1) is 0 Å². The smallest absolute Gasteiger partial charge is 0.0705 e. The average Bonchev–Trinajstić information content (AvgIpc) is 2.04. The highest BCUT2D eigenvalue weighted by atomic mass is 16.3. The number of nitrogens with zero attached hydrogens (tertiary/aromatic N) is 1. The first-order chi connectivity index (χ1) is 5.63. The lowest BCUT2D eigenvalue weighted by Crippen LogP contribution is -2.24. The van der Waals surface area contributed by atoms with Crippen molar-refractivity contribution < 1.29 is 5.11 Å². The molecule has 0 unspecified atom stereocenters. The first-order valence-corrected chi connectivity index (χ1v) is 3.76. The summed E-state index contributed by atoms with van der Waals surface area (Å²) < 4.78 is 0. The minimum Gasteiger partial charge on any atom is -0.397 e. The number of hydrogen-bond donors (Lipinski definition) is 3. The van der Waals surface area contributed by atoms with Gasteiger partial charge in [0.2, 0.25) is 0 Å². The van der Waals surface area contributed by atoms with Crippen LogP contribution in [0.25, 0.3) is 0 Å². The number of aliphatic hydroxyl groups excluding tert-OH is 1. The van der Waals surface area contributed by atoms with Crippen molar-refractivity contribution in [2.75, 3.05) is 5.73 Å². The number of rotatable bonds is 2. The molecule has 0 radical (unpaired) electrons. The molecule has 2 atom stereocenters. The van der Waals surface area contributed by atoms with E-state index in [1.54, 1.807) is 19.2 Å². The average molecular weight is 167 g/mol. The minimum atomic E-state index is -0.602. The van der Waals surface area contributed by atoms with Crippen LogP contribution in [-0.2, 0) is 0 Å². The van der Waals surface area contributed by atoms with Crippen molar-refractivity contribution >= 4 is 5.69 Å². The van der Waals surface area contributed by atoms with Crippen LogP contribution in [0.2, 0.25) is 0 Å². The SMILES string of the molecule is C[C@H](O)[C@@H](N)c1ccncc1N. The Bertz CT molecular complexity index is 262. The minimum absolute atomic E-state index is 0.437. The second-order valence-electron chi connectivity index (χ2n) is 2.77. The molecule has 1 aromatic rings. The molecule has 1 aromatic heterocycles. The Morgan fingerprint density at radius 1 is 1.58 bits per heavy atom. The Labute approximate surface area is 71.2 Å². The van der Waals surface area contributed by atoms with Crippen molar-refractivity contribution in [2.45, 2.75) is 19.1 Å². The maximum Gasteiger partial charge on any atom is 0.0705 e. The zero-order valence-electron chi connectivity index (χ0n) is 6.94. The summed E-state index contributed by atoms with van der Waals surface area (Å²) >= 11 is 0. The molecular formula is C8H13N3O. The lowest BCUT2D eigenvalue weighted by molar-refractivity contribution is 0.164. The van der Waals surface area contributed by atoms with E-state index in [0.717, 1.165) is 5.56 Å². The van der Waals surface area contributed by atoms with Gasteiger partial charge in [0.15, 0.2) is 0 Å². The van der Waals surface area contributed by atoms with Gasteiger partial charge in [-0.3, -0.25) is 4.98 Å². The van der Waals surface area contributed by atoms with Crippen LogP contribution in [0.1, 0.15) is 18.5 Å². The summed E-state index contributed by atoms with van der Waals surface area (Å²) in [6.07, 6.45) is 2.53. The highest BCUT2D eigenvalue weighted by molar-refractivity contribution is 5.45. The van der Waals surface area contributed by atoms with Crippen molar-refractivity contribution in [3.8, 4) is 0 Å². The number of hydrogen-bond acceptors (Lipinski definition) is 4. The molecular weight excluding hydrogens is 154 g/mol. The second kappa shape index (κ2) is 3.51. The van der Waals surface area contributed by atoms with E-state index in [2.05, 4.69) is 4.98 Å². The molecule has 4 heteroatoms. The maximum absolute atomic E-state index is 9.20. The van der Waals surface area contributed by atoms with E-state index < -0.39 is 12.1 Å². The Morgan fingerprint density at radius 3 is 2.75 bits per heavy atom. The van der Waals surface area contributed by atoms with E-state index in [1.165, 1.54) is 6.20 Å². The maximum atomic E-state index is 9.20. The zero-order chi connectivity index (χ0) is 9.14. The van der Waals surface area contributed by atoms with Gasteiger partial charge in [-0.1, -0.05) is 0 Å². The van der Waals surface area contributed by atoms with Crippen LogP contribution in [0.4, 0.5) is 5.69 Å². The Hall–Kier alpha value is -1.13. The summed E-state index contributed by atoms with van der Waals surface area (Å²) in [5.74, 6) is 0. The third-order valence-corrected chi connectivity index (χ3v) is 1.77. The van der Waals surface area contributed by atoms with Crippen molar-refractivity contribution in [2.24, 2.45) is 5.73 Å². The van der Waals surface area contributed by atoms with Crippen LogP contribution in [0.15, 0.2) is 18.5 Å². The van der Waals surface area contributed by atoms with Gasteiger partial charge < -0.3 is 16.6 Å². The highest BCUT2D eigenvalue weighted by Gasteiger charge is 2.13. The van der Waals surface area contributed by atoms with Crippen molar-refractivity contribution in [1.29, 1.82) is 0 Å². The highest BCUT2D eigenvalue weighted by Crippen LogP contribution is 2.19. The Balaban J connectivity index is 2.94. The third kappa shape index (κ3) is 1.72. The topological polar surface area (TPSA) is 85.2 Å². The van der Waals surface area contributed by atoms with Gasteiger partial charge in [0.1, 0.15) is 0 Å². The number of aliphatic hydroxyl groups is 1. The van der Waals surface area contributed by atoms with Gasteiger partial charge in [0.05, 0.1) is 24.0 Å². The van der Waals surface area contributed by atoms with Crippen molar-refractivity contribution in [1.82, 2.24) is 4.98 Å². The van der Waals surface area contributed by atoms with Gasteiger partial charge in [-0.25, -0.2) is 0 Å². The normalized spacial score (nSPS) is 15.6. The molecule has 0 aromatic carbocycles. The fourth-order valence-electron chi connectivity index (χ4n) is 0.981. The van der Waals surface area contributed by atoms with E-state index in [4.69, 9.17) is 11.5 Å². The van der Waals surface area contributed by atoms with E-state index in [1.807, 2.05) is 0 Å². The molecule has 0 aliphatic heterocycles. The molecule has 1 rings (SSSR count). The largest absolute Gasteiger partial charge is 0.397 e. The monoisotopic (exact) mass is 167 g/mol. The summed E-state index contributed by atoms with van der Waals surface area (Å²) in [5, 5.41) is 9.20. The van der Waals surface area contributed by atoms with E-state index in [0.29, 0.717) is 5.69 Å². The van der Waals surface area contributed by atoms with Gasteiger partial charge in [-0.15, -0.1) is 0 Å². The molecule has 0 saturated carbocycles. The number of nitrogens with two attached hydrogens (primary N) is 2. The molecule has 0 amide bonds. The molecule has 0 aliphatic rings. The molecule has 0 saturated heterocycles. The lowest BCUT2D eigenvalue weighted by atomic mass is 10.0. The van der Waals surface area contributed by atoms with Crippen LogP contribution in [-0.4, -0.2) is 16.2 Å². The molecule has 66 valence electrons. The summed E-state index contributed by atoms with van der Waals surface area (Å²) in [6, 6.07) is 1.28. The molecule has 0 bridgehead atoms. The third-order valence-electron chi connectivity index (χ3n) is 1.77. The lowest BCUT2D eigenvalue weighted by Gasteiger charge is -2.16. The van der Waals surface area contributed by atoms with Crippen LogP contribution in [0.3, 0.4) is 0 Å². The number of nitrogen functional groups attached to an aromatic ring is 1. The van der Waals surface area contributed by atoms with Crippen LogP contribution in [0.5, 0.6) is 0 Å². The molecule has 1 heterocycles. The number of pyridine rings is 1. The molecule has 4 nitrogen and oxygen atoms in total. The Kier molecular flexibility index (Phi) is 2.62. The number of aromatic nitrogens is 1. The van der Waals surface area contributed by atoms with Crippen molar-refractivity contribution in [3.05, 3.63) is 24.0 Å². The van der Waals surface area contributed by atoms with Gasteiger partial charge in [0, 0.05) is 6.20 Å². The predicted molar refractivity (Wildman–Crippen MR) is 47.3 cm³/mol. The first kappa shape index (κ1) is 8.96. The van der Waals surface area contributed by atoms with Gasteiger partial charge in [0.25, 0.3) is 0 Å². The van der Waals surface area contributed by atoms with E-state index in [-0.39, 0.29) is 0 Å².